The Labute approximate surface area is 257 Å². The monoisotopic (exact) mass is 609 g/mol. The van der Waals surface area contributed by atoms with Crippen molar-refractivity contribution in [2.45, 2.75) is 89.8 Å². The Morgan fingerprint density at radius 1 is 0.860 bits per heavy atom. The smallest absolute Gasteiger partial charge is 0.410 e. The molecule has 2 aromatic rings. The van der Waals surface area contributed by atoms with E-state index in [0.717, 1.165) is 11.1 Å². The van der Waals surface area contributed by atoms with Crippen molar-refractivity contribution in [3.63, 3.8) is 0 Å². The van der Waals surface area contributed by atoms with E-state index in [1.807, 2.05) is 80.3 Å². The van der Waals surface area contributed by atoms with E-state index in [4.69, 9.17) is 9.16 Å². The van der Waals surface area contributed by atoms with Crippen LogP contribution in [0.15, 0.2) is 60.7 Å². The maximum Gasteiger partial charge on any atom is 0.410 e. The molecule has 10 heteroatoms. The zero-order valence-electron chi connectivity index (χ0n) is 26.8. The summed E-state index contributed by atoms with van der Waals surface area (Å²) in [7, 11) is 0.969. The maximum atomic E-state index is 14.3. The average Bonchev–Trinajstić information content (AvgIpc) is 3.43. The van der Waals surface area contributed by atoms with Crippen molar-refractivity contribution in [3.05, 3.63) is 71.8 Å². The summed E-state index contributed by atoms with van der Waals surface area (Å²) in [4.78, 5) is 59.2. The van der Waals surface area contributed by atoms with E-state index in [1.165, 1.54) is 9.80 Å². The van der Waals surface area contributed by atoms with E-state index in [0.29, 0.717) is 19.4 Å². The van der Waals surface area contributed by atoms with Gasteiger partial charge in [-0.3, -0.25) is 19.3 Å². The van der Waals surface area contributed by atoms with Crippen molar-refractivity contribution in [2.24, 2.45) is 0 Å². The third kappa shape index (κ3) is 9.67. The number of hydrogen-bond acceptors (Lipinski definition) is 6. The molecule has 1 aliphatic rings. The fourth-order valence-corrected chi connectivity index (χ4v) is 5.88. The molecule has 1 fully saturated rings. The van der Waals surface area contributed by atoms with E-state index in [9.17, 15) is 19.2 Å². The van der Waals surface area contributed by atoms with Gasteiger partial charge in [0.25, 0.3) is 0 Å². The van der Waals surface area contributed by atoms with Gasteiger partial charge in [0.2, 0.25) is 20.1 Å². The summed E-state index contributed by atoms with van der Waals surface area (Å²) in [5, 5.41) is 0. The Bertz CT molecular complexity index is 1260. The van der Waals surface area contributed by atoms with Gasteiger partial charge >= 0.3 is 12.1 Å². The van der Waals surface area contributed by atoms with Gasteiger partial charge in [-0.2, -0.15) is 0 Å². The molecular formula is C33H47N3O6Si. The van der Waals surface area contributed by atoms with Gasteiger partial charge in [0.15, 0.2) is 0 Å². The van der Waals surface area contributed by atoms with Crippen molar-refractivity contribution in [1.82, 2.24) is 14.7 Å². The van der Waals surface area contributed by atoms with Crippen LogP contribution in [0.5, 0.6) is 0 Å². The fraction of sp³-hybridized carbons (Fsp3) is 0.515. The molecular weight excluding hydrogens is 562 g/mol. The van der Waals surface area contributed by atoms with Crippen LogP contribution in [0.4, 0.5) is 4.79 Å². The van der Waals surface area contributed by atoms with Crippen molar-refractivity contribution in [3.8, 4) is 0 Å². The summed E-state index contributed by atoms with van der Waals surface area (Å²) < 4.78 is 11.4. The number of carbonyl (C=O) groups excluding carboxylic acids is 4. The quantitative estimate of drug-likeness (QED) is 0.356. The van der Waals surface area contributed by atoms with Crippen molar-refractivity contribution < 1.29 is 28.3 Å². The lowest BCUT2D eigenvalue weighted by Gasteiger charge is -2.37. The predicted octanol–water partition coefficient (Wildman–Crippen LogP) is 4.90. The number of rotatable bonds is 10. The number of benzene rings is 2. The lowest BCUT2D eigenvalue weighted by Crippen LogP contribution is -2.58. The van der Waals surface area contributed by atoms with E-state index < -0.39 is 44.0 Å². The minimum Gasteiger partial charge on any atom is -0.518 e. The second-order valence-corrected chi connectivity index (χ2v) is 17.6. The third-order valence-electron chi connectivity index (χ3n) is 7.29. The van der Waals surface area contributed by atoms with Gasteiger partial charge in [0, 0.05) is 33.5 Å². The number of hydrogen-bond donors (Lipinski definition) is 0. The first kappa shape index (κ1) is 33.8. The van der Waals surface area contributed by atoms with Gasteiger partial charge in [-0.1, -0.05) is 60.7 Å². The SMILES string of the molecule is CN(C(=O)OC(C)(C)C)[C@@H](Cc1ccccc1)C(=O)N(C)[C@@H](Cc1ccccc1)C(=O)N1CCC[C@H]1C(=O)O[Si](C)(C)C. The highest BCUT2D eigenvalue weighted by Gasteiger charge is 2.43. The molecule has 0 spiro atoms. The van der Waals surface area contributed by atoms with Gasteiger partial charge in [-0.05, 0) is 64.4 Å². The molecule has 3 rings (SSSR count). The molecule has 0 aliphatic carbocycles. The second-order valence-electron chi connectivity index (χ2n) is 13.2. The molecule has 0 saturated carbocycles. The van der Waals surface area contributed by atoms with Crippen LogP contribution in [0.25, 0.3) is 0 Å². The molecule has 0 radical (unpaired) electrons. The Kier molecular flexibility index (Phi) is 11.2. The summed E-state index contributed by atoms with van der Waals surface area (Å²) in [6.07, 6.45) is 1.05. The normalized spacial score (nSPS) is 16.7. The maximum absolute atomic E-state index is 14.3. The Hall–Kier alpha value is -3.66. The molecule has 0 unspecified atom stereocenters. The van der Waals surface area contributed by atoms with Crippen LogP contribution in [0.1, 0.15) is 44.7 Å². The Morgan fingerprint density at radius 2 is 1.37 bits per heavy atom. The summed E-state index contributed by atoms with van der Waals surface area (Å²) in [5.41, 5.74) is 0.990. The standard InChI is InChI=1S/C33H47N3O6Si/c1-33(2,3)41-32(40)35(5)27(22-24-16-11-9-12-17-24)29(37)34(4)28(23-25-18-13-10-14-19-25)30(38)36-21-15-20-26(36)31(39)42-43(6,7)8/h9-14,16-19,26-28H,15,20-23H2,1-8H3/t26-,27-,28-/m0/s1. The molecule has 0 N–H and O–H groups in total. The van der Waals surface area contributed by atoms with Crippen LogP contribution in [0.3, 0.4) is 0 Å². The van der Waals surface area contributed by atoms with Crippen molar-refractivity contribution in [1.29, 1.82) is 0 Å². The number of ether oxygens (including phenoxy) is 1. The number of nitrogens with zero attached hydrogens (tertiary/aromatic N) is 3. The molecule has 1 aliphatic heterocycles. The van der Waals surface area contributed by atoms with Gasteiger partial charge in [-0.25, -0.2) is 4.79 Å². The van der Waals surface area contributed by atoms with Crippen molar-refractivity contribution in [2.75, 3.05) is 20.6 Å². The number of amides is 3. The summed E-state index contributed by atoms with van der Waals surface area (Å²) in [6.45, 7) is 11.5. The predicted molar refractivity (Wildman–Crippen MR) is 169 cm³/mol. The molecule has 9 nitrogen and oxygen atoms in total. The first-order chi connectivity index (χ1) is 20.1. The fourth-order valence-electron chi connectivity index (χ4n) is 5.14. The Balaban J connectivity index is 1.97. The van der Waals surface area contributed by atoms with Gasteiger partial charge in [0.05, 0.1) is 0 Å². The number of likely N-dealkylation sites (tertiary alicyclic amines) is 1. The first-order valence-electron chi connectivity index (χ1n) is 14.9. The van der Waals surface area contributed by atoms with Crippen LogP contribution in [0, 0.1) is 0 Å². The molecule has 234 valence electrons. The van der Waals surface area contributed by atoms with Crippen molar-refractivity contribution >= 4 is 32.2 Å². The molecule has 1 saturated heterocycles. The number of carbonyl (C=O) groups is 4. The van der Waals surface area contributed by atoms with Crippen LogP contribution in [-0.4, -0.2) is 91.3 Å². The highest BCUT2D eigenvalue weighted by Crippen LogP contribution is 2.25. The lowest BCUT2D eigenvalue weighted by atomic mass is 10.00. The second kappa shape index (κ2) is 14.2. The number of likely N-dealkylation sites (N-methyl/N-ethyl adjacent to an activating group) is 2. The molecule has 0 aromatic heterocycles. The zero-order chi connectivity index (χ0) is 31.9. The third-order valence-corrected chi connectivity index (χ3v) is 8.11. The Morgan fingerprint density at radius 3 is 1.86 bits per heavy atom. The van der Waals surface area contributed by atoms with Crippen LogP contribution >= 0.6 is 0 Å². The first-order valence-corrected chi connectivity index (χ1v) is 18.3. The van der Waals surface area contributed by atoms with Gasteiger partial charge in [-0.15, -0.1) is 0 Å². The van der Waals surface area contributed by atoms with Gasteiger partial charge in [0.1, 0.15) is 23.7 Å². The van der Waals surface area contributed by atoms with E-state index >= 15 is 0 Å². The van der Waals surface area contributed by atoms with E-state index in [-0.39, 0.29) is 24.7 Å². The average molecular weight is 610 g/mol. The van der Waals surface area contributed by atoms with Crippen LogP contribution in [-0.2, 0) is 36.4 Å². The minimum atomic E-state index is -2.17. The highest BCUT2D eigenvalue weighted by atomic mass is 28.4. The van der Waals surface area contributed by atoms with E-state index in [2.05, 4.69) is 0 Å². The molecule has 3 amide bonds. The summed E-state index contributed by atoms with van der Waals surface area (Å²) in [5.74, 6) is -1.09. The molecule has 43 heavy (non-hydrogen) atoms. The minimum absolute atomic E-state index is 0.237. The van der Waals surface area contributed by atoms with E-state index in [1.54, 1.807) is 39.8 Å². The molecule has 1 heterocycles. The largest absolute Gasteiger partial charge is 0.518 e. The highest BCUT2D eigenvalue weighted by molar-refractivity contribution is 6.71. The van der Waals surface area contributed by atoms with Crippen LogP contribution in [0.2, 0.25) is 19.6 Å². The summed E-state index contributed by atoms with van der Waals surface area (Å²) >= 11 is 0. The zero-order valence-corrected chi connectivity index (χ0v) is 27.8. The molecule has 2 aromatic carbocycles. The van der Waals surface area contributed by atoms with Gasteiger partial charge < -0.3 is 19.0 Å². The molecule has 3 atom stereocenters. The molecule has 0 bridgehead atoms. The van der Waals surface area contributed by atoms with Crippen LogP contribution < -0.4 is 0 Å². The summed E-state index contributed by atoms with van der Waals surface area (Å²) in [6, 6.07) is 16.4. The topological polar surface area (TPSA) is 96.5 Å². The lowest BCUT2D eigenvalue weighted by molar-refractivity contribution is -0.152.